The lowest BCUT2D eigenvalue weighted by Gasteiger charge is -2.07. The van der Waals surface area contributed by atoms with Crippen LogP contribution in [0.3, 0.4) is 0 Å². The Morgan fingerprint density at radius 1 is 1.22 bits per heavy atom. The molecule has 0 heterocycles. The maximum Gasteiger partial charge on any atom is 0.239 e. The molecule has 0 atom stereocenters. The van der Waals surface area contributed by atoms with Gasteiger partial charge < -0.3 is 15.4 Å². The van der Waals surface area contributed by atoms with E-state index in [2.05, 4.69) is 10.6 Å². The summed E-state index contributed by atoms with van der Waals surface area (Å²) < 4.78 is 5.04. The Bertz CT molecular complexity index is 418. The lowest BCUT2D eigenvalue weighted by Crippen LogP contribution is -2.35. The van der Waals surface area contributed by atoms with Gasteiger partial charge in [-0.25, -0.2) is 0 Å². The van der Waals surface area contributed by atoms with Gasteiger partial charge in [0.15, 0.2) is 0 Å². The van der Waals surface area contributed by atoms with Gasteiger partial charge in [-0.3, -0.25) is 9.59 Å². The first-order valence-corrected chi connectivity index (χ1v) is 5.69. The fraction of sp³-hybridized carbons (Fsp3) is 0.385. The normalized spacial score (nSPS) is 9.89. The second kappa shape index (κ2) is 7.45. The second-order valence-electron chi connectivity index (χ2n) is 3.94. The molecular formula is C13H18N2O3. The van der Waals surface area contributed by atoms with Crippen LogP contribution in [0.1, 0.15) is 18.1 Å². The van der Waals surface area contributed by atoms with Gasteiger partial charge in [-0.1, -0.05) is 24.3 Å². The minimum atomic E-state index is -0.216. The van der Waals surface area contributed by atoms with Crippen molar-refractivity contribution in [3.8, 4) is 0 Å². The summed E-state index contributed by atoms with van der Waals surface area (Å²) in [5, 5.41) is 5.17. The van der Waals surface area contributed by atoms with E-state index in [0.29, 0.717) is 13.2 Å². The van der Waals surface area contributed by atoms with Gasteiger partial charge in [0.05, 0.1) is 13.2 Å². The number of carbonyl (C=O) groups excluding carboxylic acids is 2. The highest BCUT2D eigenvalue weighted by Gasteiger charge is 2.02. The van der Waals surface area contributed by atoms with Crippen LogP contribution in [0.4, 0.5) is 0 Å². The van der Waals surface area contributed by atoms with Gasteiger partial charge >= 0.3 is 0 Å². The zero-order valence-electron chi connectivity index (χ0n) is 10.7. The summed E-state index contributed by atoms with van der Waals surface area (Å²) in [6.07, 6.45) is 0. The van der Waals surface area contributed by atoms with E-state index in [-0.39, 0.29) is 18.4 Å². The number of benzene rings is 1. The third-order valence-electron chi connectivity index (χ3n) is 2.29. The average molecular weight is 250 g/mol. The minimum absolute atomic E-state index is 0.00704. The first kappa shape index (κ1) is 14.2. The molecule has 1 aromatic carbocycles. The summed E-state index contributed by atoms with van der Waals surface area (Å²) in [5.74, 6) is -0.422. The van der Waals surface area contributed by atoms with E-state index in [9.17, 15) is 9.59 Å². The van der Waals surface area contributed by atoms with Crippen molar-refractivity contribution in [3.63, 3.8) is 0 Å². The molecule has 1 aromatic rings. The van der Waals surface area contributed by atoms with Crippen LogP contribution in [-0.4, -0.2) is 25.5 Å². The summed E-state index contributed by atoms with van der Waals surface area (Å²) in [7, 11) is 1.64. The predicted octanol–water partition coefficient (Wildman–Crippen LogP) is 0.585. The first-order chi connectivity index (χ1) is 8.61. The quantitative estimate of drug-likeness (QED) is 0.776. The SMILES string of the molecule is COCc1cccc(CNC(=O)CNC(C)=O)c1. The molecule has 2 amide bonds. The van der Waals surface area contributed by atoms with Gasteiger partial charge in [0.1, 0.15) is 0 Å². The number of methoxy groups -OCH3 is 1. The smallest absolute Gasteiger partial charge is 0.239 e. The molecule has 18 heavy (non-hydrogen) atoms. The number of hydrogen-bond acceptors (Lipinski definition) is 3. The molecule has 0 aliphatic carbocycles. The van der Waals surface area contributed by atoms with E-state index < -0.39 is 0 Å². The molecule has 0 aliphatic rings. The number of nitrogens with one attached hydrogen (secondary N) is 2. The molecule has 1 rings (SSSR count). The Balaban J connectivity index is 2.40. The molecule has 98 valence electrons. The summed E-state index contributed by atoms with van der Waals surface area (Å²) in [6, 6.07) is 7.79. The molecular weight excluding hydrogens is 232 g/mol. The highest BCUT2D eigenvalue weighted by molar-refractivity contribution is 5.83. The van der Waals surface area contributed by atoms with E-state index in [1.165, 1.54) is 6.92 Å². The van der Waals surface area contributed by atoms with Crippen LogP contribution in [0.2, 0.25) is 0 Å². The number of hydrogen-bond donors (Lipinski definition) is 2. The highest BCUT2D eigenvalue weighted by Crippen LogP contribution is 2.05. The van der Waals surface area contributed by atoms with Crippen LogP contribution < -0.4 is 10.6 Å². The van der Waals surface area contributed by atoms with Crippen molar-refractivity contribution in [1.82, 2.24) is 10.6 Å². The Morgan fingerprint density at radius 2 is 1.94 bits per heavy atom. The Morgan fingerprint density at radius 3 is 2.61 bits per heavy atom. The molecule has 5 nitrogen and oxygen atoms in total. The lowest BCUT2D eigenvalue weighted by molar-refractivity contribution is -0.125. The zero-order chi connectivity index (χ0) is 13.4. The maximum atomic E-state index is 11.4. The number of carbonyl (C=O) groups is 2. The Hall–Kier alpha value is -1.88. The van der Waals surface area contributed by atoms with E-state index in [4.69, 9.17) is 4.74 Å². The van der Waals surface area contributed by atoms with Crippen molar-refractivity contribution in [2.24, 2.45) is 0 Å². The fourth-order valence-electron chi connectivity index (χ4n) is 1.46. The Labute approximate surface area is 107 Å². The van der Waals surface area contributed by atoms with E-state index in [0.717, 1.165) is 11.1 Å². The molecule has 5 heteroatoms. The van der Waals surface area contributed by atoms with Gasteiger partial charge in [-0.2, -0.15) is 0 Å². The molecule has 0 aromatic heterocycles. The van der Waals surface area contributed by atoms with Gasteiger partial charge in [0.25, 0.3) is 0 Å². The van der Waals surface area contributed by atoms with Crippen LogP contribution >= 0.6 is 0 Å². The molecule has 0 bridgehead atoms. The molecule has 2 N–H and O–H groups in total. The summed E-state index contributed by atoms with van der Waals surface area (Å²) >= 11 is 0. The molecule has 0 fully saturated rings. The van der Waals surface area contributed by atoms with Crippen molar-refractivity contribution in [2.75, 3.05) is 13.7 Å². The zero-order valence-corrected chi connectivity index (χ0v) is 10.7. The highest BCUT2D eigenvalue weighted by atomic mass is 16.5. The standard InChI is InChI=1S/C13H18N2O3/c1-10(16)14-8-13(17)15-7-11-4-3-5-12(6-11)9-18-2/h3-6H,7-9H2,1-2H3,(H,14,16)(H,15,17). The van der Waals surface area contributed by atoms with E-state index in [1.807, 2.05) is 24.3 Å². The van der Waals surface area contributed by atoms with Crippen LogP contribution in [0.25, 0.3) is 0 Å². The molecule has 0 saturated heterocycles. The third kappa shape index (κ3) is 5.45. The molecule has 0 aliphatic heterocycles. The van der Waals surface area contributed by atoms with Crippen LogP contribution in [0.15, 0.2) is 24.3 Å². The molecule has 0 saturated carbocycles. The van der Waals surface area contributed by atoms with Crippen molar-refractivity contribution < 1.29 is 14.3 Å². The number of amides is 2. The van der Waals surface area contributed by atoms with Crippen molar-refractivity contribution in [3.05, 3.63) is 35.4 Å². The third-order valence-corrected chi connectivity index (χ3v) is 2.29. The summed E-state index contributed by atoms with van der Waals surface area (Å²) in [4.78, 5) is 22.0. The van der Waals surface area contributed by atoms with Gasteiger partial charge in [0, 0.05) is 20.6 Å². The van der Waals surface area contributed by atoms with E-state index in [1.54, 1.807) is 7.11 Å². The molecule has 0 unspecified atom stereocenters. The van der Waals surface area contributed by atoms with Gasteiger partial charge in [-0.15, -0.1) is 0 Å². The second-order valence-corrected chi connectivity index (χ2v) is 3.94. The van der Waals surface area contributed by atoms with Crippen LogP contribution in [0.5, 0.6) is 0 Å². The lowest BCUT2D eigenvalue weighted by atomic mass is 10.1. The minimum Gasteiger partial charge on any atom is -0.380 e. The Kier molecular flexibility index (Phi) is 5.87. The summed E-state index contributed by atoms with van der Waals surface area (Å²) in [5.41, 5.74) is 2.06. The van der Waals surface area contributed by atoms with Crippen molar-refractivity contribution in [2.45, 2.75) is 20.1 Å². The fourth-order valence-corrected chi connectivity index (χ4v) is 1.46. The van der Waals surface area contributed by atoms with Crippen LogP contribution in [0, 0.1) is 0 Å². The summed E-state index contributed by atoms with van der Waals surface area (Å²) in [6.45, 7) is 2.37. The average Bonchev–Trinajstić information content (AvgIpc) is 2.35. The number of ether oxygens (including phenoxy) is 1. The van der Waals surface area contributed by atoms with Crippen LogP contribution in [-0.2, 0) is 27.5 Å². The maximum absolute atomic E-state index is 11.4. The monoisotopic (exact) mass is 250 g/mol. The van der Waals surface area contributed by atoms with E-state index >= 15 is 0 Å². The van der Waals surface area contributed by atoms with Gasteiger partial charge in [0.2, 0.25) is 11.8 Å². The van der Waals surface area contributed by atoms with Gasteiger partial charge in [-0.05, 0) is 11.1 Å². The topological polar surface area (TPSA) is 67.4 Å². The molecule has 0 radical (unpaired) electrons. The van der Waals surface area contributed by atoms with Crippen molar-refractivity contribution in [1.29, 1.82) is 0 Å². The predicted molar refractivity (Wildman–Crippen MR) is 67.7 cm³/mol. The first-order valence-electron chi connectivity index (χ1n) is 5.69. The van der Waals surface area contributed by atoms with Crippen molar-refractivity contribution >= 4 is 11.8 Å². The molecule has 0 spiro atoms. The number of rotatable bonds is 6. The largest absolute Gasteiger partial charge is 0.380 e.